The van der Waals surface area contributed by atoms with E-state index in [4.69, 9.17) is 14.3 Å². The Kier molecular flexibility index (Phi) is 1.17. The molecule has 0 saturated heterocycles. The second-order valence-electron chi connectivity index (χ2n) is 0.448. The van der Waals surface area contributed by atoms with E-state index in [1.807, 2.05) is 0 Å². The summed E-state index contributed by atoms with van der Waals surface area (Å²) in [5.74, 6) is 0. The van der Waals surface area contributed by atoms with E-state index in [9.17, 15) is 0 Å². The molecule has 32 valence electrons. The standard InChI is InChI=1S/Mo.2H2O.2O/h;2*1H2;;/q+2;;;;/p-2. The molecule has 4 nitrogen and oxygen atoms in total. The van der Waals surface area contributed by atoms with Crippen LogP contribution in [0.1, 0.15) is 0 Å². The fourth-order valence-corrected chi connectivity index (χ4v) is 0. The monoisotopic (exact) mass is 164 g/mol. The maximum absolute atomic E-state index is 8.85. The Morgan fingerprint density at radius 1 is 1.20 bits per heavy atom. The van der Waals surface area contributed by atoms with Crippen LogP contribution < -0.4 is 0 Å². The molecule has 0 aromatic heterocycles. The molecule has 0 bridgehead atoms. The van der Waals surface area contributed by atoms with E-state index in [2.05, 4.69) is 0 Å². The molecule has 5 heavy (non-hydrogen) atoms. The van der Waals surface area contributed by atoms with Crippen LogP contribution >= 0.6 is 0 Å². The Bertz CT molecular complexity index is 86.8. The van der Waals surface area contributed by atoms with E-state index in [0.717, 1.165) is 0 Å². The zero-order chi connectivity index (χ0) is 4.50. The van der Waals surface area contributed by atoms with Crippen molar-refractivity contribution in [3.05, 3.63) is 0 Å². The van der Waals surface area contributed by atoms with Gasteiger partial charge >= 0.3 is 31.1 Å². The van der Waals surface area contributed by atoms with E-state index in [0.29, 0.717) is 0 Å². The summed E-state index contributed by atoms with van der Waals surface area (Å²) in [6.45, 7) is 0. The fourth-order valence-electron chi connectivity index (χ4n) is 0. The number of hydrogen-bond donors (Lipinski definition) is 2. The van der Waals surface area contributed by atoms with Gasteiger partial charge in [0.25, 0.3) is 0 Å². The van der Waals surface area contributed by atoms with Crippen LogP contribution in [0.3, 0.4) is 0 Å². The second-order valence-corrected chi connectivity index (χ2v) is 2.65. The molecule has 0 aliphatic carbocycles. The Labute approximate surface area is 31.8 Å². The van der Waals surface area contributed by atoms with Gasteiger partial charge in [-0.15, -0.1) is 0 Å². The average Bonchev–Trinajstić information content (AvgIpc) is 0.722. The van der Waals surface area contributed by atoms with Gasteiger partial charge in [-0.25, -0.2) is 0 Å². The molecule has 0 spiro atoms. The van der Waals surface area contributed by atoms with Crippen molar-refractivity contribution in [3.63, 3.8) is 0 Å². The normalized spacial score (nSPS) is 11.6. The molecule has 0 fully saturated rings. The Morgan fingerprint density at radius 3 is 1.20 bits per heavy atom. The predicted octanol–water partition coefficient (Wildman–Crippen LogP) is -1.35. The molecule has 5 heteroatoms. The molecule has 0 aliphatic heterocycles. The minimum atomic E-state index is -5.52. The van der Waals surface area contributed by atoms with Crippen LogP contribution in [0.4, 0.5) is 0 Å². The molecule has 0 aromatic carbocycles. The molecule has 0 heterocycles. The van der Waals surface area contributed by atoms with Gasteiger partial charge in [-0.2, -0.15) is 0 Å². The zero-order valence-corrected chi connectivity index (χ0v) is 4.13. The molecule has 0 aromatic rings. The Morgan fingerprint density at radius 2 is 1.20 bits per heavy atom. The summed E-state index contributed by atoms with van der Waals surface area (Å²) in [7, 11) is 0. The van der Waals surface area contributed by atoms with Crippen LogP contribution in [0.5, 0.6) is 0 Å². The van der Waals surface area contributed by atoms with Gasteiger partial charge in [0.1, 0.15) is 0 Å². The van der Waals surface area contributed by atoms with Gasteiger partial charge in [0.15, 0.2) is 0 Å². The molecular weight excluding hydrogens is 160 g/mol. The van der Waals surface area contributed by atoms with Gasteiger partial charge in [0.2, 0.25) is 0 Å². The van der Waals surface area contributed by atoms with Gasteiger partial charge in [-0.05, 0) is 0 Å². The van der Waals surface area contributed by atoms with Crippen LogP contribution in [-0.2, 0) is 23.5 Å². The van der Waals surface area contributed by atoms with E-state index < -0.39 is 16.7 Å². The summed E-state index contributed by atoms with van der Waals surface area (Å²) >= 11 is -5.52. The van der Waals surface area contributed by atoms with Crippen LogP contribution in [-0.4, -0.2) is 7.52 Å². The van der Waals surface area contributed by atoms with E-state index in [1.54, 1.807) is 0 Å². The number of rotatable bonds is 0. The first kappa shape index (κ1) is 5.21. The van der Waals surface area contributed by atoms with Crippen LogP contribution in [0.15, 0.2) is 0 Å². The SMILES string of the molecule is [O]=[Mo](=[O])([OH])[OH]. The van der Waals surface area contributed by atoms with Crippen molar-refractivity contribution in [2.45, 2.75) is 0 Å². The van der Waals surface area contributed by atoms with Gasteiger partial charge in [-0.3, -0.25) is 0 Å². The molecule has 0 rings (SSSR count). The third kappa shape index (κ3) is 473. The first-order chi connectivity index (χ1) is 2.00. The van der Waals surface area contributed by atoms with Gasteiger partial charge < -0.3 is 0 Å². The fraction of sp³-hybridized carbons (Fsp3) is 0. The van der Waals surface area contributed by atoms with Crippen molar-refractivity contribution in [2.75, 3.05) is 0 Å². The van der Waals surface area contributed by atoms with Gasteiger partial charge in [0, 0.05) is 0 Å². The molecule has 0 amide bonds. The summed E-state index contributed by atoms with van der Waals surface area (Å²) in [4.78, 5) is 0. The van der Waals surface area contributed by atoms with Crippen molar-refractivity contribution in [2.24, 2.45) is 0 Å². The molecule has 0 saturated carbocycles. The van der Waals surface area contributed by atoms with Crippen LogP contribution in [0, 0.1) is 0 Å². The maximum atomic E-state index is 8.85. The van der Waals surface area contributed by atoms with E-state index in [1.165, 1.54) is 0 Å². The summed E-state index contributed by atoms with van der Waals surface area (Å²) in [6, 6.07) is 0. The summed E-state index contributed by atoms with van der Waals surface area (Å²) in [6.07, 6.45) is 0. The summed E-state index contributed by atoms with van der Waals surface area (Å²) in [5, 5.41) is 0. The summed E-state index contributed by atoms with van der Waals surface area (Å²) < 4.78 is 32.0. The molecule has 0 radical (unpaired) electrons. The van der Waals surface area contributed by atoms with Gasteiger partial charge in [0.05, 0.1) is 0 Å². The first-order valence-electron chi connectivity index (χ1n) is 0.698. The number of hydrogen-bond acceptors (Lipinski definition) is 2. The zero-order valence-electron chi connectivity index (χ0n) is 2.12. The molecule has 0 unspecified atom stereocenters. The van der Waals surface area contributed by atoms with Crippen molar-refractivity contribution in [1.82, 2.24) is 0 Å². The van der Waals surface area contributed by atoms with Crippen molar-refractivity contribution >= 4 is 0 Å². The quantitative estimate of drug-likeness (QED) is 0.431. The van der Waals surface area contributed by atoms with Crippen molar-refractivity contribution in [1.29, 1.82) is 0 Å². The van der Waals surface area contributed by atoms with Gasteiger partial charge in [-0.1, -0.05) is 0 Å². The third-order valence-electron chi connectivity index (χ3n) is 0. The second kappa shape index (κ2) is 1.12. The molecule has 0 aliphatic rings. The van der Waals surface area contributed by atoms with Crippen LogP contribution in [0.25, 0.3) is 0 Å². The molecular formula is H2MoO4. The van der Waals surface area contributed by atoms with E-state index >= 15 is 0 Å². The molecule has 0 atom stereocenters. The summed E-state index contributed by atoms with van der Waals surface area (Å²) in [5.41, 5.74) is 0. The average molecular weight is 162 g/mol. The van der Waals surface area contributed by atoms with Crippen molar-refractivity contribution < 1.29 is 31.1 Å². The Hall–Kier alpha value is 0.208. The van der Waals surface area contributed by atoms with Crippen LogP contribution in [0.2, 0.25) is 0 Å². The topological polar surface area (TPSA) is 74.6 Å². The van der Waals surface area contributed by atoms with Crippen molar-refractivity contribution in [3.8, 4) is 0 Å². The predicted molar refractivity (Wildman–Crippen MR) is 5.81 cm³/mol. The van der Waals surface area contributed by atoms with E-state index in [-0.39, 0.29) is 0 Å². The minimum absolute atomic E-state index is 5.52. The molecule has 2 N–H and O–H groups in total. The Balaban J connectivity index is 4.06. The first-order valence-corrected chi connectivity index (χ1v) is 4.13. The third-order valence-corrected chi connectivity index (χ3v) is 0.